The first-order valence-electron chi connectivity index (χ1n) is 6.69. The third-order valence-corrected chi connectivity index (χ3v) is 2.88. The molecule has 1 N–H and O–H groups in total. The largest absolute Gasteiger partial charge is 0.444 e. The highest BCUT2D eigenvalue weighted by Crippen LogP contribution is 2.19. The van der Waals surface area contributed by atoms with Gasteiger partial charge < -0.3 is 14.8 Å². The molecule has 1 aliphatic heterocycles. The van der Waals surface area contributed by atoms with Crippen LogP contribution in [0.25, 0.3) is 0 Å². The molecular formula is C15H20FNO3. The van der Waals surface area contributed by atoms with Gasteiger partial charge in [-0.25, -0.2) is 9.18 Å². The van der Waals surface area contributed by atoms with E-state index in [1.54, 1.807) is 12.1 Å². The van der Waals surface area contributed by atoms with Crippen LogP contribution in [0.2, 0.25) is 0 Å². The molecule has 2 atom stereocenters. The molecule has 110 valence electrons. The van der Waals surface area contributed by atoms with Crippen molar-refractivity contribution in [3.05, 3.63) is 35.6 Å². The van der Waals surface area contributed by atoms with E-state index in [2.05, 4.69) is 5.32 Å². The molecule has 20 heavy (non-hydrogen) atoms. The molecule has 0 radical (unpaired) electrons. The molecule has 0 aliphatic carbocycles. The van der Waals surface area contributed by atoms with Crippen LogP contribution in [0.15, 0.2) is 24.3 Å². The van der Waals surface area contributed by atoms with Crippen LogP contribution >= 0.6 is 0 Å². The first kappa shape index (κ1) is 14.8. The molecule has 0 aromatic heterocycles. The number of hydrogen-bond donors (Lipinski definition) is 1. The average molecular weight is 281 g/mol. The third-order valence-electron chi connectivity index (χ3n) is 2.88. The van der Waals surface area contributed by atoms with Gasteiger partial charge in [0, 0.05) is 0 Å². The lowest BCUT2D eigenvalue weighted by atomic mass is 10.0. The molecule has 5 heteroatoms. The number of carbonyl (C=O) groups excluding carboxylic acids is 1. The number of alkyl carbamates (subject to hydrolysis) is 1. The van der Waals surface area contributed by atoms with Crippen molar-refractivity contribution in [2.45, 2.75) is 44.9 Å². The van der Waals surface area contributed by atoms with Gasteiger partial charge in [0.15, 0.2) is 0 Å². The fourth-order valence-corrected chi connectivity index (χ4v) is 1.90. The SMILES string of the molecule is CC(C)(C)OC(=O)NC(Cc1ccc(F)cc1)C1CO1. The maximum atomic E-state index is 12.9. The highest BCUT2D eigenvalue weighted by Gasteiger charge is 2.34. The zero-order chi connectivity index (χ0) is 14.8. The second kappa shape index (κ2) is 5.79. The summed E-state index contributed by atoms with van der Waals surface area (Å²) in [4.78, 5) is 11.8. The number of epoxide rings is 1. The van der Waals surface area contributed by atoms with Gasteiger partial charge in [-0.2, -0.15) is 0 Å². The fourth-order valence-electron chi connectivity index (χ4n) is 1.90. The summed E-state index contributed by atoms with van der Waals surface area (Å²) in [6.45, 7) is 6.07. The van der Waals surface area contributed by atoms with Crippen molar-refractivity contribution in [2.24, 2.45) is 0 Å². The average Bonchev–Trinajstić information content (AvgIpc) is 3.12. The summed E-state index contributed by atoms with van der Waals surface area (Å²) in [5.74, 6) is -0.270. The number of hydrogen-bond acceptors (Lipinski definition) is 3. The number of carbonyl (C=O) groups is 1. The molecule has 4 nitrogen and oxygen atoms in total. The normalized spacial score (nSPS) is 19.3. The number of benzene rings is 1. The summed E-state index contributed by atoms with van der Waals surface area (Å²) in [5, 5.41) is 2.82. The van der Waals surface area contributed by atoms with E-state index in [-0.39, 0.29) is 18.0 Å². The Morgan fingerprint density at radius 2 is 2.05 bits per heavy atom. The van der Waals surface area contributed by atoms with Gasteiger partial charge in [-0.05, 0) is 44.9 Å². The Morgan fingerprint density at radius 1 is 1.45 bits per heavy atom. The highest BCUT2D eigenvalue weighted by molar-refractivity contribution is 5.68. The van der Waals surface area contributed by atoms with Crippen molar-refractivity contribution >= 4 is 6.09 Å². The van der Waals surface area contributed by atoms with Crippen LogP contribution in [0.4, 0.5) is 9.18 Å². The van der Waals surface area contributed by atoms with E-state index < -0.39 is 11.7 Å². The molecule has 2 rings (SSSR count). The maximum Gasteiger partial charge on any atom is 0.407 e. The topological polar surface area (TPSA) is 50.9 Å². The van der Waals surface area contributed by atoms with Crippen molar-refractivity contribution in [2.75, 3.05) is 6.61 Å². The van der Waals surface area contributed by atoms with Crippen LogP contribution in [0.1, 0.15) is 26.3 Å². The summed E-state index contributed by atoms with van der Waals surface area (Å²) in [6, 6.07) is 6.08. The quantitative estimate of drug-likeness (QED) is 0.863. The Labute approximate surface area is 118 Å². The van der Waals surface area contributed by atoms with E-state index in [0.717, 1.165) is 5.56 Å². The lowest BCUT2D eigenvalue weighted by molar-refractivity contribution is 0.0495. The van der Waals surface area contributed by atoms with Crippen LogP contribution in [0.5, 0.6) is 0 Å². The predicted molar refractivity (Wildman–Crippen MR) is 73.0 cm³/mol. The van der Waals surface area contributed by atoms with E-state index in [4.69, 9.17) is 9.47 Å². The van der Waals surface area contributed by atoms with Gasteiger partial charge in [0.05, 0.1) is 12.6 Å². The molecule has 1 aromatic rings. The summed E-state index contributed by atoms with van der Waals surface area (Å²) in [5.41, 5.74) is 0.414. The highest BCUT2D eigenvalue weighted by atomic mass is 19.1. The lowest BCUT2D eigenvalue weighted by Gasteiger charge is -2.23. The van der Waals surface area contributed by atoms with Crippen LogP contribution in [-0.4, -0.2) is 30.4 Å². The van der Waals surface area contributed by atoms with Crippen LogP contribution < -0.4 is 5.32 Å². The number of halogens is 1. The van der Waals surface area contributed by atoms with Gasteiger partial charge in [-0.15, -0.1) is 0 Å². The molecule has 1 saturated heterocycles. The third kappa shape index (κ3) is 4.81. The van der Waals surface area contributed by atoms with Crippen molar-refractivity contribution in [3.63, 3.8) is 0 Å². The number of nitrogens with one attached hydrogen (secondary N) is 1. The second-order valence-electron chi connectivity index (χ2n) is 5.96. The molecule has 1 heterocycles. The molecule has 0 spiro atoms. The summed E-state index contributed by atoms with van der Waals surface area (Å²) in [7, 11) is 0. The van der Waals surface area contributed by atoms with Gasteiger partial charge in [0.2, 0.25) is 0 Å². The van der Waals surface area contributed by atoms with E-state index >= 15 is 0 Å². The fraction of sp³-hybridized carbons (Fsp3) is 0.533. The summed E-state index contributed by atoms with van der Waals surface area (Å²) < 4.78 is 23.4. The molecule has 1 fully saturated rings. The molecule has 0 saturated carbocycles. The van der Waals surface area contributed by atoms with E-state index in [1.807, 2.05) is 20.8 Å². The van der Waals surface area contributed by atoms with Gasteiger partial charge >= 0.3 is 6.09 Å². The minimum Gasteiger partial charge on any atom is -0.444 e. The lowest BCUT2D eigenvalue weighted by Crippen LogP contribution is -2.43. The van der Waals surface area contributed by atoms with Crippen molar-refractivity contribution < 1.29 is 18.7 Å². The Kier molecular flexibility index (Phi) is 4.28. The standard InChI is InChI=1S/C15H20FNO3/c1-15(2,3)20-14(18)17-12(13-9-19-13)8-10-4-6-11(16)7-5-10/h4-7,12-13H,8-9H2,1-3H3,(H,17,18). The zero-order valence-electron chi connectivity index (χ0n) is 12.0. The molecule has 1 aromatic carbocycles. The number of ether oxygens (including phenoxy) is 2. The van der Waals surface area contributed by atoms with Crippen LogP contribution in [-0.2, 0) is 15.9 Å². The van der Waals surface area contributed by atoms with Gasteiger partial charge in [-0.1, -0.05) is 12.1 Å². The maximum absolute atomic E-state index is 12.9. The molecule has 1 amide bonds. The first-order chi connectivity index (χ1) is 9.33. The Bertz CT molecular complexity index is 463. The van der Waals surface area contributed by atoms with E-state index in [9.17, 15) is 9.18 Å². The molecule has 1 aliphatic rings. The second-order valence-corrected chi connectivity index (χ2v) is 5.96. The van der Waals surface area contributed by atoms with Gasteiger partial charge in [0.25, 0.3) is 0 Å². The van der Waals surface area contributed by atoms with Crippen LogP contribution in [0.3, 0.4) is 0 Å². The van der Waals surface area contributed by atoms with E-state index in [0.29, 0.717) is 13.0 Å². The number of amides is 1. The Morgan fingerprint density at radius 3 is 2.55 bits per heavy atom. The predicted octanol–water partition coefficient (Wildman–Crippen LogP) is 2.66. The monoisotopic (exact) mass is 281 g/mol. The van der Waals surface area contributed by atoms with Gasteiger partial charge in [-0.3, -0.25) is 0 Å². The molecular weight excluding hydrogens is 261 g/mol. The first-order valence-corrected chi connectivity index (χ1v) is 6.69. The van der Waals surface area contributed by atoms with Crippen molar-refractivity contribution in [3.8, 4) is 0 Å². The number of rotatable bonds is 4. The van der Waals surface area contributed by atoms with Crippen LogP contribution in [0, 0.1) is 5.82 Å². The van der Waals surface area contributed by atoms with E-state index in [1.165, 1.54) is 12.1 Å². The minimum absolute atomic E-state index is 0.00701. The zero-order valence-corrected chi connectivity index (χ0v) is 12.0. The summed E-state index contributed by atoms with van der Waals surface area (Å²) in [6.07, 6.45) is 0.136. The smallest absolute Gasteiger partial charge is 0.407 e. The Hall–Kier alpha value is -1.62. The Balaban J connectivity index is 1.94. The molecule has 0 bridgehead atoms. The minimum atomic E-state index is -0.533. The molecule has 2 unspecified atom stereocenters. The van der Waals surface area contributed by atoms with Crippen molar-refractivity contribution in [1.82, 2.24) is 5.32 Å². The van der Waals surface area contributed by atoms with Gasteiger partial charge in [0.1, 0.15) is 17.5 Å². The van der Waals surface area contributed by atoms with Crippen molar-refractivity contribution in [1.29, 1.82) is 0 Å². The summed E-state index contributed by atoms with van der Waals surface area (Å²) >= 11 is 0.